The Labute approximate surface area is 169 Å². The van der Waals surface area contributed by atoms with Gasteiger partial charge in [-0.15, -0.1) is 0 Å². The van der Waals surface area contributed by atoms with Crippen LogP contribution in [0.15, 0.2) is 47.4 Å². The maximum Gasteiger partial charge on any atom is 0.251 e. The van der Waals surface area contributed by atoms with E-state index in [1.165, 1.54) is 41.7 Å². The van der Waals surface area contributed by atoms with Crippen molar-refractivity contribution < 1.29 is 27.1 Å². The highest BCUT2D eigenvalue weighted by Crippen LogP contribution is 2.28. The summed E-state index contributed by atoms with van der Waals surface area (Å²) in [6.45, 7) is 1.43. The van der Waals surface area contributed by atoms with Crippen LogP contribution < -0.4 is 10.1 Å². The van der Waals surface area contributed by atoms with E-state index >= 15 is 0 Å². The molecule has 1 fully saturated rings. The molecule has 2 aromatic carbocycles. The average molecular weight is 422 g/mol. The van der Waals surface area contributed by atoms with E-state index in [4.69, 9.17) is 9.47 Å². The van der Waals surface area contributed by atoms with Crippen LogP contribution in [0, 0.1) is 5.82 Å². The second-order valence-electron chi connectivity index (χ2n) is 6.52. The highest BCUT2D eigenvalue weighted by molar-refractivity contribution is 7.89. The van der Waals surface area contributed by atoms with Gasteiger partial charge in [-0.05, 0) is 42.3 Å². The minimum atomic E-state index is -3.82. The van der Waals surface area contributed by atoms with Crippen LogP contribution in [0.3, 0.4) is 0 Å². The topological polar surface area (TPSA) is 84.9 Å². The Morgan fingerprint density at radius 1 is 1.21 bits per heavy atom. The van der Waals surface area contributed by atoms with Gasteiger partial charge in [-0.3, -0.25) is 4.79 Å². The van der Waals surface area contributed by atoms with E-state index in [0.29, 0.717) is 26.2 Å². The molecule has 0 saturated carbocycles. The third-order valence-electron chi connectivity index (χ3n) is 4.60. The van der Waals surface area contributed by atoms with E-state index in [2.05, 4.69) is 5.32 Å². The van der Waals surface area contributed by atoms with E-state index in [1.807, 2.05) is 0 Å². The highest BCUT2D eigenvalue weighted by atomic mass is 32.2. The first-order chi connectivity index (χ1) is 13.9. The average Bonchev–Trinajstić information content (AvgIpc) is 2.74. The van der Waals surface area contributed by atoms with E-state index in [9.17, 15) is 17.6 Å². The van der Waals surface area contributed by atoms with Crippen LogP contribution in [0.5, 0.6) is 5.75 Å². The Bertz CT molecular complexity index is 975. The van der Waals surface area contributed by atoms with Crippen molar-refractivity contribution in [1.82, 2.24) is 9.62 Å². The number of halogens is 1. The smallest absolute Gasteiger partial charge is 0.251 e. The third kappa shape index (κ3) is 5.11. The van der Waals surface area contributed by atoms with Crippen molar-refractivity contribution >= 4 is 15.9 Å². The molecule has 1 aliphatic rings. The van der Waals surface area contributed by atoms with Gasteiger partial charge >= 0.3 is 0 Å². The largest absolute Gasteiger partial charge is 0.495 e. The summed E-state index contributed by atoms with van der Waals surface area (Å²) in [5.41, 5.74) is 0.965. The molecule has 156 valence electrons. The lowest BCUT2D eigenvalue weighted by molar-refractivity contribution is 0.0729. The molecule has 7 nitrogen and oxygen atoms in total. The lowest BCUT2D eigenvalue weighted by Gasteiger charge is -2.26. The fourth-order valence-corrected chi connectivity index (χ4v) is 4.65. The number of ether oxygens (including phenoxy) is 2. The second-order valence-corrected chi connectivity index (χ2v) is 8.42. The van der Waals surface area contributed by atoms with Gasteiger partial charge in [-0.1, -0.05) is 12.1 Å². The number of methoxy groups -OCH3 is 1. The van der Waals surface area contributed by atoms with Crippen LogP contribution in [0.1, 0.15) is 15.9 Å². The molecule has 29 heavy (non-hydrogen) atoms. The zero-order valence-electron chi connectivity index (χ0n) is 16.1. The van der Waals surface area contributed by atoms with Gasteiger partial charge in [0.1, 0.15) is 16.5 Å². The van der Waals surface area contributed by atoms with Gasteiger partial charge in [0.15, 0.2) is 0 Å². The first kappa shape index (κ1) is 21.2. The van der Waals surface area contributed by atoms with Crippen molar-refractivity contribution in [2.75, 3.05) is 40.0 Å². The Balaban J connectivity index is 1.74. The standard InChI is InChI=1S/C20H23FN2O5S/c1-27-18-6-5-16(14-19(18)29(25,26)23-9-11-28-12-10-23)20(24)22-8-7-15-3-2-4-17(21)13-15/h2-6,13-14H,7-12H2,1H3,(H,22,24). The van der Waals surface area contributed by atoms with Crippen LogP contribution >= 0.6 is 0 Å². The lowest BCUT2D eigenvalue weighted by atomic mass is 10.1. The zero-order chi connectivity index (χ0) is 20.9. The fraction of sp³-hybridized carbons (Fsp3) is 0.350. The van der Waals surface area contributed by atoms with Gasteiger partial charge in [-0.25, -0.2) is 12.8 Å². The van der Waals surface area contributed by atoms with Crippen LogP contribution in [0.2, 0.25) is 0 Å². The minimum Gasteiger partial charge on any atom is -0.495 e. The summed E-state index contributed by atoms with van der Waals surface area (Å²) >= 11 is 0. The Hall–Kier alpha value is -2.49. The van der Waals surface area contributed by atoms with Gasteiger partial charge in [0.25, 0.3) is 5.91 Å². The van der Waals surface area contributed by atoms with E-state index in [1.54, 1.807) is 12.1 Å². The number of benzene rings is 2. The quantitative estimate of drug-likeness (QED) is 0.736. The summed E-state index contributed by atoms with van der Waals surface area (Å²) in [7, 11) is -2.44. The van der Waals surface area contributed by atoms with Gasteiger partial charge in [0.2, 0.25) is 10.0 Å². The molecule has 0 atom stereocenters. The molecule has 0 unspecified atom stereocenters. The van der Waals surface area contributed by atoms with E-state index in [0.717, 1.165) is 5.56 Å². The fourth-order valence-electron chi connectivity index (χ4n) is 3.06. The number of morpholine rings is 1. The molecule has 1 heterocycles. The number of hydrogen-bond acceptors (Lipinski definition) is 5. The first-order valence-electron chi connectivity index (χ1n) is 9.20. The monoisotopic (exact) mass is 422 g/mol. The van der Waals surface area contributed by atoms with Crippen molar-refractivity contribution in [3.63, 3.8) is 0 Å². The summed E-state index contributed by atoms with van der Waals surface area (Å²) in [6.07, 6.45) is 0.457. The molecule has 1 amide bonds. The van der Waals surface area contributed by atoms with Crippen molar-refractivity contribution in [1.29, 1.82) is 0 Å². The van der Waals surface area contributed by atoms with Crippen molar-refractivity contribution in [2.45, 2.75) is 11.3 Å². The lowest BCUT2D eigenvalue weighted by Crippen LogP contribution is -2.40. The van der Waals surface area contributed by atoms with Crippen LogP contribution in [0.4, 0.5) is 4.39 Å². The Morgan fingerprint density at radius 3 is 2.66 bits per heavy atom. The SMILES string of the molecule is COc1ccc(C(=O)NCCc2cccc(F)c2)cc1S(=O)(=O)N1CCOCC1. The molecule has 3 rings (SSSR count). The molecule has 0 spiro atoms. The first-order valence-corrected chi connectivity index (χ1v) is 10.6. The predicted molar refractivity (Wildman–Crippen MR) is 105 cm³/mol. The number of nitrogens with zero attached hydrogens (tertiary/aromatic N) is 1. The number of carbonyl (C=O) groups is 1. The molecule has 9 heteroatoms. The van der Waals surface area contributed by atoms with Crippen molar-refractivity contribution in [3.8, 4) is 5.75 Å². The molecule has 0 radical (unpaired) electrons. The molecule has 0 bridgehead atoms. The number of hydrogen-bond donors (Lipinski definition) is 1. The number of carbonyl (C=O) groups excluding carboxylic acids is 1. The molecular weight excluding hydrogens is 399 g/mol. The molecule has 1 saturated heterocycles. The molecular formula is C20H23FN2O5S. The number of amides is 1. The number of rotatable bonds is 7. The van der Waals surface area contributed by atoms with Gasteiger partial charge in [-0.2, -0.15) is 4.31 Å². The molecule has 0 aromatic heterocycles. The summed E-state index contributed by atoms with van der Waals surface area (Å²) in [5.74, 6) is -0.572. The summed E-state index contributed by atoms with van der Waals surface area (Å²) < 4.78 is 51.0. The zero-order valence-corrected chi connectivity index (χ0v) is 16.9. The maximum atomic E-state index is 13.2. The van der Waals surface area contributed by atoms with Crippen molar-refractivity contribution in [2.24, 2.45) is 0 Å². The van der Waals surface area contributed by atoms with E-state index < -0.39 is 15.9 Å². The van der Waals surface area contributed by atoms with Gasteiger partial charge < -0.3 is 14.8 Å². The van der Waals surface area contributed by atoms with Gasteiger partial charge in [0, 0.05) is 25.2 Å². The number of nitrogens with one attached hydrogen (secondary N) is 1. The van der Waals surface area contributed by atoms with Crippen LogP contribution in [-0.4, -0.2) is 58.6 Å². The summed E-state index contributed by atoms with van der Waals surface area (Å²) in [5, 5.41) is 2.73. The maximum absolute atomic E-state index is 13.2. The Kier molecular flexibility index (Phi) is 6.83. The number of sulfonamides is 1. The molecule has 1 aliphatic heterocycles. The Morgan fingerprint density at radius 2 is 1.97 bits per heavy atom. The summed E-state index contributed by atoms with van der Waals surface area (Å²) in [4.78, 5) is 12.4. The third-order valence-corrected chi connectivity index (χ3v) is 6.52. The summed E-state index contributed by atoms with van der Waals surface area (Å²) in [6, 6.07) is 10.4. The predicted octanol–water partition coefficient (Wildman–Crippen LogP) is 1.83. The minimum absolute atomic E-state index is 0.0559. The molecule has 2 aromatic rings. The normalized spacial score (nSPS) is 15.1. The van der Waals surface area contributed by atoms with E-state index in [-0.39, 0.29) is 35.1 Å². The molecule has 1 N–H and O–H groups in total. The van der Waals surface area contributed by atoms with Crippen LogP contribution in [0.25, 0.3) is 0 Å². The highest BCUT2D eigenvalue weighted by Gasteiger charge is 2.30. The van der Waals surface area contributed by atoms with Crippen LogP contribution in [-0.2, 0) is 21.2 Å². The molecule has 0 aliphatic carbocycles. The van der Waals surface area contributed by atoms with Crippen molar-refractivity contribution in [3.05, 3.63) is 59.4 Å². The van der Waals surface area contributed by atoms with Gasteiger partial charge in [0.05, 0.1) is 20.3 Å². The second kappa shape index (κ2) is 9.34.